The third kappa shape index (κ3) is 4.70. The second-order valence-electron chi connectivity index (χ2n) is 8.63. The lowest BCUT2D eigenvalue weighted by atomic mass is 9.94. The summed E-state index contributed by atoms with van der Waals surface area (Å²) in [6.45, 7) is 6.94. The quantitative estimate of drug-likeness (QED) is 0.202. The molecule has 0 aliphatic rings. The third-order valence-corrected chi connectivity index (χ3v) is 6.96. The zero-order valence-electron chi connectivity index (χ0n) is 20.5. The fraction of sp³-hybridized carbons (Fsp3) is 0.172. The molecule has 0 amide bonds. The van der Waals surface area contributed by atoms with Crippen molar-refractivity contribution in [3.8, 4) is 27.7 Å². The highest BCUT2D eigenvalue weighted by molar-refractivity contribution is 7.22. The first-order valence-corrected chi connectivity index (χ1v) is 12.0. The molecule has 3 aromatic carbocycles. The van der Waals surface area contributed by atoms with Gasteiger partial charge in [-0.3, -0.25) is 4.79 Å². The summed E-state index contributed by atoms with van der Waals surface area (Å²) in [5.41, 5.74) is 0.288. The van der Waals surface area contributed by atoms with Gasteiger partial charge in [-0.15, -0.1) is 11.3 Å². The molecule has 4 aromatic rings. The van der Waals surface area contributed by atoms with E-state index in [0.717, 1.165) is 20.5 Å². The van der Waals surface area contributed by atoms with E-state index in [1.54, 1.807) is 41.7 Å². The number of hydrogen-bond acceptors (Lipinski definition) is 6. The Kier molecular flexibility index (Phi) is 6.86. The molecule has 0 spiro atoms. The molecule has 0 atom stereocenters. The first-order valence-electron chi connectivity index (χ1n) is 11.2. The summed E-state index contributed by atoms with van der Waals surface area (Å²) < 4.78 is 18.1. The number of thiophene rings is 1. The van der Waals surface area contributed by atoms with Crippen LogP contribution in [0.2, 0.25) is 0 Å². The molecular weight excluding hydrogens is 476 g/mol. The summed E-state index contributed by atoms with van der Waals surface area (Å²) in [6.07, 6.45) is 0. The van der Waals surface area contributed by atoms with Crippen LogP contribution in [0.15, 0.2) is 73.3 Å². The van der Waals surface area contributed by atoms with Crippen LogP contribution in [0.1, 0.15) is 29.8 Å². The van der Waals surface area contributed by atoms with Crippen LogP contribution in [-0.2, 0) is 4.79 Å². The number of ketones is 1. The average Bonchev–Trinajstić information content (AvgIpc) is 3.30. The van der Waals surface area contributed by atoms with Crippen LogP contribution < -0.4 is 14.2 Å². The van der Waals surface area contributed by atoms with E-state index < -0.39 is 11.6 Å². The molecule has 36 heavy (non-hydrogen) atoms. The van der Waals surface area contributed by atoms with Crippen molar-refractivity contribution in [2.75, 3.05) is 14.2 Å². The Morgan fingerprint density at radius 1 is 0.944 bits per heavy atom. The van der Waals surface area contributed by atoms with Crippen molar-refractivity contribution in [3.05, 3.63) is 84.4 Å². The van der Waals surface area contributed by atoms with Crippen molar-refractivity contribution >= 4 is 38.7 Å². The lowest BCUT2D eigenvalue weighted by molar-refractivity contribution is -0.152. The van der Waals surface area contributed by atoms with Crippen LogP contribution in [-0.4, -0.2) is 36.7 Å². The van der Waals surface area contributed by atoms with E-state index in [9.17, 15) is 14.7 Å². The van der Waals surface area contributed by atoms with Crippen molar-refractivity contribution in [3.63, 3.8) is 0 Å². The fourth-order valence-electron chi connectivity index (χ4n) is 3.84. The van der Waals surface area contributed by atoms with E-state index in [1.165, 1.54) is 28.1 Å². The van der Waals surface area contributed by atoms with Gasteiger partial charge in [0.1, 0.15) is 22.8 Å². The number of rotatable bonds is 9. The predicted octanol–water partition coefficient (Wildman–Crippen LogP) is 6.72. The van der Waals surface area contributed by atoms with Gasteiger partial charge < -0.3 is 19.3 Å². The molecule has 0 unspecified atom stereocenters. The van der Waals surface area contributed by atoms with E-state index in [2.05, 4.69) is 12.6 Å². The number of benzene rings is 3. The molecule has 1 N–H and O–H groups in total. The molecule has 4 rings (SSSR count). The Hall–Kier alpha value is -4.10. The number of hydrogen-bond donors (Lipinski definition) is 1. The molecule has 0 saturated heterocycles. The van der Waals surface area contributed by atoms with Crippen LogP contribution in [0, 0.1) is 0 Å². The standard InChI is InChI=1S/C29H26O6S/c1-17(18-10-8-11-20(15-18)35-29(2,3)28(31)32)26(30)25-22(33-4)14-13-21(27(25)34-5)24-16-19-9-6-7-12-23(19)36-24/h6-16H,1H2,2-5H3,(H,31,32). The maximum absolute atomic E-state index is 13.8. The van der Waals surface area contributed by atoms with Gasteiger partial charge in [0.2, 0.25) is 5.78 Å². The topological polar surface area (TPSA) is 82.1 Å². The van der Waals surface area contributed by atoms with Crippen LogP contribution in [0.25, 0.3) is 26.1 Å². The van der Waals surface area contributed by atoms with Crippen molar-refractivity contribution in [2.24, 2.45) is 0 Å². The van der Waals surface area contributed by atoms with Gasteiger partial charge in [0.25, 0.3) is 0 Å². The van der Waals surface area contributed by atoms with Crippen LogP contribution >= 0.6 is 11.3 Å². The highest BCUT2D eigenvalue weighted by Gasteiger charge is 2.30. The van der Waals surface area contributed by atoms with Gasteiger partial charge in [-0.05, 0) is 61.2 Å². The van der Waals surface area contributed by atoms with Gasteiger partial charge >= 0.3 is 5.97 Å². The van der Waals surface area contributed by atoms with E-state index >= 15 is 0 Å². The lowest BCUT2D eigenvalue weighted by Crippen LogP contribution is -2.37. The highest BCUT2D eigenvalue weighted by atomic mass is 32.1. The largest absolute Gasteiger partial charge is 0.496 e. The van der Waals surface area contributed by atoms with E-state index in [1.807, 2.05) is 30.3 Å². The van der Waals surface area contributed by atoms with Crippen LogP contribution in [0.4, 0.5) is 0 Å². The molecule has 0 aliphatic carbocycles. The molecular formula is C29H26O6S. The smallest absolute Gasteiger partial charge is 0.347 e. The summed E-state index contributed by atoms with van der Waals surface area (Å²) in [6, 6.07) is 20.4. The minimum atomic E-state index is -1.44. The predicted molar refractivity (Wildman–Crippen MR) is 143 cm³/mol. The zero-order chi connectivity index (χ0) is 26.0. The Balaban J connectivity index is 1.76. The Morgan fingerprint density at radius 2 is 1.69 bits per heavy atom. The number of carbonyl (C=O) groups is 2. The number of ether oxygens (including phenoxy) is 3. The van der Waals surface area contributed by atoms with Crippen LogP contribution in [0.3, 0.4) is 0 Å². The van der Waals surface area contributed by atoms with Gasteiger partial charge in [0.05, 0.1) is 14.2 Å². The summed E-state index contributed by atoms with van der Waals surface area (Å²) in [5.74, 6) is -0.405. The third-order valence-electron chi connectivity index (χ3n) is 5.81. The van der Waals surface area contributed by atoms with E-state index in [0.29, 0.717) is 22.8 Å². The second-order valence-corrected chi connectivity index (χ2v) is 9.71. The van der Waals surface area contributed by atoms with Gasteiger partial charge in [-0.1, -0.05) is 36.9 Å². The van der Waals surface area contributed by atoms with Gasteiger partial charge in [0, 0.05) is 20.7 Å². The number of fused-ring (bicyclic) bond motifs is 1. The first kappa shape index (κ1) is 25.0. The molecule has 1 aromatic heterocycles. The second kappa shape index (κ2) is 9.87. The number of Topliss-reactive ketones (excluding diaryl/α,β-unsaturated/α-hetero) is 1. The van der Waals surface area contributed by atoms with Crippen molar-refractivity contribution < 1.29 is 28.9 Å². The molecule has 7 heteroatoms. The normalized spacial score (nSPS) is 11.2. The maximum Gasteiger partial charge on any atom is 0.347 e. The summed E-state index contributed by atoms with van der Waals surface area (Å²) in [7, 11) is 3.02. The van der Waals surface area contributed by atoms with Crippen LogP contribution in [0.5, 0.6) is 17.2 Å². The monoisotopic (exact) mass is 502 g/mol. The highest BCUT2D eigenvalue weighted by Crippen LogP contribution is 2.44. The molecule has 0 radical (unpaired) electrons. The Bertz CT molecular complexity index is 1450. The van der Waals surface area contributed by atoms with E-state index in [4.69, 9.17) is 14.2 Å². The minimum absolute atomic E-state index is 0.193. The average molecular weight is 503 g/mol. The Labute approximate surface area is 213 Å². The SMILES string of the molecule is C=C(C(=O)c1c(OC)ccc(-c2cc3ccccc3s2)c1OC)c1cccc(OC(C)(C)C(=O)O)c1. The van der Waals surface area contributed by atoms with Crippen molar-refractivity contribution in [1.82, 2.24) is 0 Å². The fourth-order valence-corrected chi connectivity index (χ4v) is 4.92. The van der Waals surface area contributed by atoms with E-state index in [-0.39, 0.29) is 16.9 Å². The summed E-state index contributed by atoms with van der Waals surface area (Å²) >= 11 is 1.61. The summed E-state index contributed by atoms with van der Waals surface area (Å²) in [5, 5.41) is 10.5. The number of carbonyl (C=O) groups excluding carboxylic acids is 1. The van der Waals surface area contributed by atoms with Crippen molar-refractivity contribution in [1.29, 1.82) is 0 Å². The molecule has 0 fully saturated rings. The first-order chi connectivity index (χ1) is 17.2. The van der Waals surface area contributed by atoms with Gasteiger partial charge in [-0.25, -0.2) is 4.79 Å². The molecule has 0 aliphatic heterocycles. The zero-order valence-corrected chi connectivity index (χ0v) is 21.3. The molecule has 6 nitrogen and oxygen atoms in total. The Morgan fingerprint density at radius 3 is 2.36 bits per heavy atom. The molecule has 0 saturated carbocycles. The number of allylic oxidation sites excluding steroid dienone is 1. The minimum Gasteiger partial charge on any atom is -0.496 e. The lowest BCUT2D eigenvalue weighted by Gasteiger charge is -2.22. The number of methoxy groups -OCH3 is 2. The molecule has 184 valence electrons. The van der Waals surface area contributed by atoms with Crippen molar-refractivity contribution in [2.45, 2.75) is 19.4 Å². The molecule has 0 bridgehead atoms. The number of aliphatic carboxylic acids is 1. The number of carboxylic acids is 1. The van der Waals surface area contributed by atoms with Gasteiger partial charge in [0.15, 0.2) is 5.60 Å². The molecule has 1 heterocycles. The summed E-state index contributed by atoms with van der Waals surface area (Å²) in [4.78, 5) is 26.2. The maximum atomic E-state index is 13.8. The van der Waals surface area contributed by atoms with Gasteiger partial charge in [-0.2, -0.15) is 0 Å². The number of carboxylic acid groups (broad SMARTS) is 1.